The van der Waals surface area contributed by atoms with Crippen molar-refractivity contribution >= 4 is 38.1 Å². The molecule has 1 N–H and O–H groups in total. The number of carbonyl (C=O) groups is 1. The van der Waals surface area contributed by atoms with Crippen LogP contribution >= 0.6 is 11.3 Å². The molecule has 4 aromatic heterocycles. The summed E-state index contributed by atoms with van der Waals surface area (Å²) in [5.74, 6) is -1.89. The van der Waals surface area contributed by atoms with E-state index < -0.39 is 17.7 Å². The number of amides is 1. The molecule has 1 aliphatic heterocycles. The summed E-state index contributed by atoms with van der Waals surface area (Å²) in [7, 11) is 0. The van der Waals surface area contributed by atoms with Crippen LogP contribution in [-0.4, -0.2) is 60.1 Å². The lowest BCUT2D eigenvalue weighted by atomic mass is 9.96. The number of fused-ring (bicyclic) bond motifs is 3. The Hall–Kier alpha value is -5.07. The van der Waals surface area contributed by atoms with Crippen molar-refractivity contribution in [1.29, 1.82) is 0 Å². The molecule has 6 aromatic rings. The highest BCUT2D eigenvalue weighted by molar-refractivity contribution is 7.18. The van der Waals surface area contributed by atoms with Crippen LogP contribution in [0.25, 0.3) is 54.6 Å². The normalized spacial score (nSPS) is 15.2. The van der Waals surface area contributed by atoms with Crippen molar-refractivity contribution in [2.45, 2.75) is 32.5 Å². The smallest absolute Gasteiger partial charge is 0.246 e. The van der Waals surface area contributed by atoms with Gasteiger partial charge in [0.15, 0.2) is 0 Å². The zero-order valence-electron chi connectivity index (χ0n) is 24.9. The molecular formula is C34H28F2N6O3S. The molecule has 0 radical (unpaired) electrons. The Morgan fingerprint density at radius 3 is 2.70 bits per heavy atom. The molecule has 5 heterocycles. The van der Waals surface area contributed by atoms with Gasteiger partial charge >= 0.3 is 0 Å². The molecule has 12 heteroatoms. The van der Waals surface area contributed by atoms with Crippen molar-refractivity contribution in [3.05, 3.63) is 90.2 Å². The van der Waals surface area contributed by atoms with Gasteiger partial charge in [-0.1, -0.05) is 18.7 Å². The van der Waals surface area contributed by atoms with Gasteiger partial charge in [0.1, 0.15) is 35.4 Å². The Kier molecular flexibility index (Phi) is 7.53. The van der Waals surface area contributed by atoms with Gasteiger partial charge in [-0.2, -0.15) is 15.3 Å². The molecule has 0 bridgehead atoms. The average Bonchev–Trinajstić information content (AvgIpc) is 3.71. The first-order valence-corrected chi connectivity index (χ1v) is 15.5. The first kappa shape index (κ1) is 29.6. The van der Waals surface area contributed by atoms with Gasteiger partial charge < -0.3 is 14.7 Å². The van der Waals surface area contributed by atoms with E-state index in [1.54, 1.807) is 17.3 Å². The highest BCUT2D eigenvalue weighted by Gasteiger charge is 2.31. The van der Waals surface area contributed by atoms with E-state index in [0.29, 0.717) is 40.4 Å². The number of rotatable bonds is 7. The molecule has 232 valence electrons. The highest BCUT2D eigenvalue weighted by Crippen LogP contribution is 2.47. The lowest BCUT2D eigenvalue weighted by Gasteiger charge is -2.33. The van der Waals surface area contributed by atoms with Crippen LogP contribution in [0.15, 0.2) is 72.9 Å². The molecule has 46 heavy (non-hydrogen) atoms. The van der Waals surface area contributed by atoms with E-state index in [4.69, 9.17) is 14.8 Å². The van der Waals surface area contributed by atoms with Crippen LogP contribution in [0.1, 0.15) is 25.6 Å². The molecule has 1 amide bonds. The second kappa shape index (κ2) is 11.7. The van der Waals surface area contributed by atoms with Crippen molar-refractivity contribution in [1.82, 2.24) is 29.9 Å². The maximum absolute atomic E-state index is 16.0. The monoisotopic (exact) mass is 638 g/mol. The number of ether oxygens (including phenoxy) is 1. The number of aliphatic hydroxyl groups excluding tert-OH is 1. The number of halogens is 2. The maximum atomic E-state index is 16.0. The maximum Gasteiger partial charge on any atom is 0.246 e. The SMILES string of the molecule is C=CC(=O)N1CCn2nc(-c3nc(-c4ccc5cnncc5c4)c4ccsc4c3-c3c(F)cc(F)cc3OC[C@@H](C)O)cc2[C@H]1C. The fraction of sp³-hybridized carbons (Fsp3) is 0.206. The number of hydrogen-bond donors (Lipinski definition) is 1. The molecule has 0 saturated heterocycles. The molecule has 0 aliphatic carbocycles. The van der Waals surface area contributed by atoms with Crippen LogP contribution < -0.4 is 4.74 Å². The molecule has 1 aliphatic rings. The highest BCUT2D eigenvalue weighted by atomic mass is 32.1. The average molecular weight is 639 g/mol. The van der Waals surface area contributed by atoms with Crippen LogP contribution in [0.2, 0.25) is 0 Å². The summed E-state index contributed by atoms with van der Waals surface area (Å²) in [6, 6.07) is 11.3. The van der Waals surface area contributed by atoms with E-state index in [-0.39, 0.29) is 29.9 Å². The van der Waals surface area contributed by atoms with E-state index in [9.17, 15) is 14.3 Å². The van der Waals surface area contributed by atoms with Gasteiger partial charge in [-0.25, -0.2) is 13.8 Å². The quantitative estimate of drug-likeness (QED) is 0.197. The zero-order valence-corrected chi connectivity index (χ0v) is 25.8. The zero-order chi connectivity index (χ0) is 32.1. The van der Waals surface area contributed by atoms with Crippen LogP contribution in [0.5, 0.6) is 5.75 Å². The largest absolute Gasteiger partial charge is 0.490 e. The number of aromatic nitrogens is 5. The summed E-state index contributed by atoms with van der Waals surface area (Å²) in [6.07, 6.45) is 3.78. The van der Waals surface area contributed by atoms with Crippen LogP contribution in [0.3, 0.4) is 0 Å². The number of benzene rings is 2. The van der Waals surface area contributed by atoms with Crippen LogP contribution in [-0.2, 0) is 11.3 Å². The number of nitrogens with zero attached hydrogens (tertiary/aromatic N) is 6. The first-order valence-electron chi connectivity index (χ1n) is 14.7. The minimum Gasteiger partial charge on any atom is -0.490 e. The third kappa shape index (κ3) is 5.09. The van der Waals surface area contributed by atoms with Gasteiger partial charge in [0, 0.05) is 50.7 Å². The Labute approximate surface area is 266 Å². The molecule has 2 atom stereocenters. The van der Waals surface area contributed by atoms with Crippen molar-refractivity contribution in [3.63, 3.8) is 0 Å². The van der Waals surface area contributed by atoms with E-state index >= 15 is 4.39 Å². The van der Waals surface area contributed by atoms with E-state index in [1.165, 1.54) is 24.3 Å². The van der Waals surface area contributed by atoms with Crippen molar-refractivity contribution in [3.8, 4) is 39.5 Å². The van der Waals surface area contributed by atoms with Gasteiger partial charge in [0.2, 0.25) is 5.91 Å². The third-order valence-electron chi connectivity index (χ3n) is 8.14. The molecule has 7 rings (SSSR count). The summed E-state index contributed by atoms with van der Waals surface area (Å²) in [4.78, 5) is 19.5. The fourth-order valence-electron chi connectivity index (χ4n) is 5.96. The number of aliphatic hydroxyl groups is 1. The molecule has 9 nitrogen and oxygen atoms in total. The Morgan fingerprint density at radius 2 is 1.91 bits per heavy atom. The van der Waals surface area contributed by atoms with Crippen LogP contribution in [0, 0.1) is 11.6 Å². The van der Waals surface area contributed by atoms with Gasteiger partial charge in [-0.3, -0.25) is 9.48 Å². The standard InChI is InChI=1S/C34H28F2N6O3S/c1-4-29(44)41-8-9-42-27(19(41)3)14-26(40-42)33-31(30-25(36)12-23(35)13-28(30)45-17-18(2)43)34-24(7-10-46-34)32(39-33)20-5-6-21-15-37-38-16-22(21)11-20/h4-7,10-16,18-19,43H,1,8-9,17H2,2-3H3/t18-,19-/m1/s1. The summed E-state index contributed by atoms with van der Waals surface area (Å²) in [5.41, 5.74) is 3.46. The molecule has 0 unspecified atom stereocenters. The summed E-state index contributed by atoms with van der Waals surface area (Å²) in [5, 5.41) is 27.3. The molecule has 0 spiro atoms. The van der Waals surface area contributed by atoms with Gasteiger partial charge in [-0.05, 0) is 43.5 Å². The number of pyridine rings is 1. The molecule has 0 saturated carbocycles. The summed E-state index contributed by atoms with van der Waals surface area (Å²) in [6.45, 7) is 7.80. The Bertz CT molecular complexity index is 2160. The number of hydrogen-bond acceptors (Lipinski definition) is 8. The lowest BCUT2D eigenvalue weighted by molar-refractivity contribution is -0.129. The van der Waals surface area contributed by atoms with Gasteiger partial charge in [-0.15, -0.1) is 11.3 Å². The minimum absolute atomic E-state index is 0.0137. The fourth-order valence-corrected chi connectivity index (χ4v) is 6.91. The topological polar surface area (TPSA) is 106 Å². The number of thiophene rings is 1. The van der Waals surface area contributed by atoms with Crippen molar-refractivity contribution in [2.24, 2.45) is 0 Å². The van der Waals surface area contributed by atoms with E-state index in [2.05, 4.69) is 16.8 Å². The second-order valence-electron chi connectivity index (χ2n) is 11.2. The van der Waals surface area contributed by atoms with E-state index in [1.807, 2.05) is 47.3 Å². The second-order valence-corrected chi connectivity index (χ2v) is 12.1. The van der Waals surface area contributed by atoms with Gasteiger partial charge in [0.05, 0.1) is 48.0 Å². The van der Waals surface area contributed by atoms with Crippen LogP contribution in [0.4, 0.5) is 8.78 Å². The first-order chi connectivity index (χ1) is 22.2. The molecule has 2 aromatic carbocycles. The van der Waals surface area contributed by atoms with Crippen molar-refractivity contribution in [2.75, 3.05) is 13.2 Å². The lowest BCUT2D eigenvalue weighted by Crippen LogP contribution is -2.40. The molecule has 0 fully saturated rings. The Balaban J connectivity index is 1.51. The minimum atomic E-state index is -0.874. The summed E-state index contributed by atoms with van der Waals surface area (Å²) >= 11 is 1.39. The predicted octanol–water partition coefficient (Wildman–Crippen LogP) is 6.56. The van der Waals surface area contributed by atoms with Crippen molar-refractivity contribution < 1.29 is 23.4 Å². The predicted molar refractivity (Wildman–Crippen MR) is 172 cm³/mol. The van der Waals surface area contributed by atoms with E-state index in [0.717, 1.165) is 39.5 Å². The Morgan fingerprint density at radius 1 is 1.11 bits per heavy atom. The third-order valence-corrected chi connectivity index (χ3v) is 9.07. The molecular weight excluding hydrogens is 610 g/mol. The number of carbonyl (C=O) groups excluding carboxylic acids is 1. The summed E-state index contributed by atoms with van der Waals surface area (Å²) < 4.78 is 39.0. The van der Waals surface area contributed by atoms with Gasteiger partial charge in [0.25, 0.3) is 0 Å².